The zero-order valence-electron chi connectivity index (χ0n) is 24.7. The quantitative estimate of drug-likeness (QED) is 0.238. The Bertz CT molecular complexity index is 1700. The van der Waals surface area contributed by atoms with E-state index in [9.17, 15) is 28.7 Å². The smallest absolute Gasteiger partial charge is 0.305 e. The fourth-order valence-corrected chi connectivity index (χ4v) is 5.31. The molecule has 4 aromatic rings. The van der Waals surface area contributed by atoms with Crippen LogP contribution < -0.4 is 15.5 Å². The van der Waals surface area contributed by atoms with E-state index in [4.69, 9.17) is 0 Å². The third kappa shape index (κ3) is 7.72. The Hall–Kier alpha value is -5.51. The Labute approximate surface area is 260 Å². The van der Waals surface area contributed by atoms with Gasteiger partial charge in [0, 0.05) is 42.9 Å². The topological polar surface area (TPSA) is 119 Å². The van der Waals surface area contributed by atoms with E-state index in [1.807, 2.05) is 36.1 Å². The van der Waals surface area contributed by atoms with Crippen LogP contribution in [-0.2, 0) is 4.79 Å². The molecule has 0 spiro atoms. The number of aryl methyl sites for hydroxylation is 1. The highest BCUT2D eigenvalue weighted by molar-refractivity contribution is 6.07. The first-order valence-corrected chi connectivity index (χ1v) is 14.6. The van der Waals surface area contributed by atoms with Crippen molar-refractivity contribution in [1.82, 2.24) is 10.2 Å². The van der Waals surface area contributed by atoms with Crippen LogP contribution in [-0.4, -0.2) is 59.9 Å². The second kappa shape index (κ2) is 13.9. The van der Waals surface area contributed by atoms with Crippen LogP contribution in [0.25, 0.3) is 0 Å². The van der Waals surface area contributed by atoms with Crippen LogP contribution in [0, 0.1) is 12.7 Å². The lowest BCUT2D eigenvalue weighted by Crippen LogP contribution is -2.49. The van der Waals surface area contributed by atoms with E-state index >= 15 is 0 Å². The summed E-state index contributed by atoms with van der Waals surface area (Å²) in [6, 6.07) is 25.5. The van der Waals surface area contributed by atoms with Crippen LogP contribution in [0.2, 0.25) is 0 Å². The first kappa shape index (κ1) is 30.9. The average Bonchev–Trinajstić information content (AvgIpc) is 3.04. The monoisotopic (exact) mass is 608 g/mol. The molecule has 0 radical (unpaired) electrons. The lowest BCUT2D eigenvalue weighted by atomic mass is 10.0. The van der Waals surface area contributed by atoms with E-state index in [0.29, 0.717) is 54.2 Å². The molecule has 4 aromatic carbocycles. The molecule has 1 fully saturated rings. The summed E-state index contributed by atoms with van der Waals surface area (Å²) >= 11 is 0. The minimum absolute atomic E-state index is 0.0488. The van der Waals surface area contributed by atoms with E-state index in [0.717, 1.165) is 5.56 Å². The van der Waals surface area contributed by atoms with Crippen LogP contribution in [0.15, 0.2) is 97.1 Å². The Morgan fingerprint density at radius 3 is 2.11 bits per heavy atom. The first-order chi connectivity index (χ1) is 21.7. The third-order valence-corrected chi connectivity index (χ3v) is 7.67. The van der Waals surface area contributed by atoms with E-state index in [1.54, 1.807) is 53.4 Å². The van der Waals surface area contributed by atoms with Gasteiger partial charge in [-0.25, -0.2) is 4.39 Å². The number of amides is 3. The Morgan fingerprint density at radius 2 is 1.44 bits per heavy atom. The van der Waals surface area contributed by atoms with Gasteiger partial charge < -0.3 is 25.5 Å². The number of nitrogens with one attached hydrogen (secondary N) is 2. The van der Waals surface area contributed by atoms with Gasteiger partial charge in [-0.3, -0.25) is 19.2 Å². The molecule has 230 valence electrons. The maximum absolute atomic E-state index is 13.5. The number of carboxylic acid groups (broad SMARTS) is 1. The largest absolute Gasteiger partial charge is 0.481 e. The average molecular weight is 609 g/mol. The number of rotatable bonds is 9. The second-order valence-corrected chi connectivity index (χ2v) is 10.9. The summed E-state index contributed by atoms with van der Waals surface area (Å²) in [6.07, 6.45) is -0.404. The van der Waals surface area contributed by atoms with Gasteiger partial charge in [-0.15, -0.1) is 0 Å². The molecule has 1 unspecified atom stereocenters. The number of piperazine rings is 1. The predicted octanol–water partition coefficient (Wildman–Crippen LogP) is 5.29. The molecule has 0 saturated carbocycles. The number of hydrogen-bond acceptors (Lipinski definition) is 5. The summed E-state index contributed by atoms with van der Waals surface area (Å²) in [7, 11) is 0. The molecule has 0 bridgehead atoms. The van der Waals surface area contributed by atoms with Crippen LogP contribution in [0.5, 0.6) is 0 Å². The zero-order valence-corrected chi connectivity index (χ0v) is 24.7. The molecule has 9 nitrogen and oxygen atoms in total. The van der Waals surface area contributed by atoms with Crippen molar-refractivity contribution in [1.29, 1.82) is 0 Å². The normalized spacial score (nSPS) is 13.6. The molecule has 45 heavy (non-hydrogen) atoms. The van der Waals surface area contributed by atoms with Crippen LogP contribution >= 0.6 is 0 Å². The fraction of sp³-hybridized carbons (Fsp3) is 0.200. The minimum atomic E-state index is -1.13. The standard InChI is InChI=1S/C35H33FN4O5/c1-23-6-5-9-26(20-23)33(43)38-30-21-27(34(44)37-29(22-32(41)42)24-10-13-28(36)14-11-24)12-15-31(30)39-16-18-40(19-17-39)35(45)25-7-3-2-4-8-25/h2-15,20-21,29H,16-19,22H2,1H3,(H,37,44)(H,38,43)(H,41,42). The number of halogens is 1. The number of carbonyl (C=O) groups excluding carboxylic acids is 3. The van der Waals surface area contributed by atoms with Gasteiger partial charge in [0.05, 0.1) is 23.8 Å². The number of aliphatic carboxylic acids is 1. The Kier molecular flexibility index (Phi) is 9.52. The van der Waals surface area contributed by atoms with Crippen molar-refractivity contribution < 1.29 is 28.7 Å². The van der Waals surface area contributed by atoms with Gasteiger partial charge in [-0.05, 0) is 67.1 Å². The highest BCUT2D eigenvalue weighted by atomic mass is 19.1. The van der Waals surface area contributed by atoms with Gasteiger partial charge in [-0.2, -0.15) is 0 Å². The molecular weight excluding hydrogens is 575 g/mol. The van der Waals surface area contributed by atoms with Crippen LogP contribution in [0.4, 0.5) is 15.8 Å². The minimum Gasteiger partial charge on any atom is -0.481 e. The molecule has 1 heterocycles. The maximum atomic E-state index is 13.5. The van der Waals surface area contributed by atoms with Crippen molar-refractivity contribution >= 4 is 35.1 Å². The SMILES string of the molecule is Cc1cccc(C(=O)Nc2cc(C(=O)NC(CC(=O)O)c3ccc(F)cc3)ccc2N2CCN(C(=O)c3ccccc3)CC2)c1. The highest BCUT2D eigenvalue weighted by Gasteiger charge is 2.26. The molecular formula is C35H33FN4O5. The summed E-state index contributed by atoms with van der Waals surface area (Å²) in [6.45, 7) is 3.83. The lowest BCUT2D eigenvalue weighted by Gasteiger charge is -2.37. The van der Waals surface area contributed by atoms with Gasteiger partial charge in [-0.1, -0.05) is 48.0 Å². The van der Waals surface area contributed by atoms with Crippen LogP contribution in [0.1, 0.15) is 54.7 Å². The van der Waals surface area contributed by atoms with Crippen molar-refractivity contribution in [2.45, 2.75) is 19.4 Å². The number of carbonyl (C=O) groups is 4. The summed E-state index contributed by atoms with van der Waals surface area (Å²) in [5.41, 5.74) is 3.71. The zero-order chi connectivity index (χ0) is 31.9. The highest BCUT2D eigenvalue weighted by Crippen LogP contribution is 2.30. The van der Waals surface area contributed by atoms with Gasteiger partial charge in [0.25, 0.3) is 17.7 Å². The van der Waals surface area contributed by atoms with Gasteiger partial charge in [0.2, 0.25) is 0 Å². The first-order valence-electron chi connectivity index (χ1n) is 14.6. The molecule has 1 aliphatic heterocycles. The molecule has 10 heteroatoms. The number of anilines is 2. The van der Waals surface area contributed by atoms with Gasteiger partial charge in [0.1, 0.15) is 5.82 Å². The number of carboxylic acids is 1. The Balaban J connectivity index is 1.39. The van der Waals surface area contributed by atoms with E-state index in [2.05, 4.69) is 10.6 Å². The van der Waals surface area contributed by atoms with E-state index in [1.165, 1.54) is 24.3 Å². The third-order valence-electron chi connectivity index (χ3n) is 7.67. The van der Waals surface area contributed by atoms with Crippen molar-refractivity contribution in [3.63, 3.8) is 0 Å². The van der Waals surface area contributed by atoms with Crippen molar-refractivity contribution in [2.75, 3.05) is 36.4 Å². The summed E-state index contributed by atoms with van der Waals surface area (Å²) < 4.78 is 13.5. The van der Waals surface area contributed by atoms with Crippen molar-refractivity contribution in [2.24, 2.45) is 0 Å². The van der Waals surface area contributed by atoms with Crippen molar-refractivity contribution in [3.05, 3.63) is 131 Å². The molecule has 1 saturated heterocycles. The van der Waals surface area contributed by atoms with E-state index in [-0.39, 0.29) is 17.4 Å². The molecule has 0 aromatic heterocycles. The number of benzene rings is 4. The molecule has 1 aliphatic rings. The summed E-state index contributed by atoms with van der Waals surface area (Å²) in [4.78, 5) is 55.1. The summed E-state index contributed by atoms with van der Waals surface area (Å²) in [5, 5.41) is 15.1. The molecule has 5 rings (SSSR count). The Morgan fingerprint density at radius 1 is 0.778 bits per heavy atom. The molecule has 3 N–H and O–H groups in total. The molecule has 3 amide bonds. The number of hydrogen-bond donors (Lipinski definition) is 3. The van der Waals surface area contributed by atoms with Crippen molar-refractivity contribution in [3.8, 4) is 0 Å². The number of nitrogens with zero attached hydrogens (tertiary/aromatic N) is 2. The maximum Gasteiger partial charge on any atom is 0.305 e. The van der Waals surface area contributed by atoms with Gasteiger partial charge in [0.15, 0.2) is 0 Å². The lowest BCUT2D eigenvalue weighted by molar-refractivity contribution is -0.137. The second-order valence-electron chi connectivity index (χ2n) is 10.9. The summed E-state index contributed by atoms with van der Waals surface area (Å²) in [5.74, 6) is -2.57. The molecule has 0 aliphatic carbocycles. The molecule has 1 atom stereocenters. The van der Waals surface area contributed by atoms with Gasteiger partial charge >= 0.3 is 5.97 Å². The van der Waals surface area contributed by atoms with E-state index < -0.39 is 30.2 Å². The van der Waals surface area contributed by atoms with Crippen LogP contribution in [0.3, 0.4) is 0 Å². The predicted molar refractivity (Wildman–Crippen MR) is 169 cm³/mol. The fourth-order valence-electron chi connectivity index (χ4n) is 5.31.